The number of hydrogen-bond acceptors (Lipinski definition) is 4. The van der Waals surface area contributed by atoms with E-state index < -0.39 is 15.0 Å². The van der Waals surface area contributed by atoms with Gasteiger partial charge in [-0.25, -0.2) is 13.2 Å². The summed E-state index contributed by atoms with van der Waals surface area (Å²) in [4.78, 5) is 11.4. The smallest absolute Gasteiger partial charge is 0.337 e. The zero-order chi connectivity index (χ0) is 13.5. The summed E-state index contributed by atoms with van der Waals surface area (Å²) in [5, 5.41) is 0.472. The first-order chi connectivity index (χ1) is 8.34. The minimum Gasteiger partial charge on any atom is -0.465 e. The van der Waals surface area contributed by atoms with Crippen LogP contribution in [0.4, 0.5) is 0 Å². The number of aromatic nitrogens is 1. The molecule has 0 aliphatic heterocycles. The van der Waals surface area contributed by atoms with Gasteiger partial charge in [0.05, 0.1) is 12.7 Å². The van der Waals surface area contributed by atoms with E-state index in [-0.39, 0.29) is 4.90 Å². The van der Waals surface area contributed by atoms with Gasteiger partial charge in [-0.3, -0.25) is 0 Å². The van der Waals surface area contributed by atoms with Crippen LogP contribution in [0.5, 0.6) is 0 Å². The molecule has 0 aliphatic rings. The van der Waals surface area contributed by atoms with Crippen LogP contribution >= 0.6 is 10.7 Å². The van der Waals surface area contributed by atoms with Crippen molar-refractivity contribution in [3.8, 4) is 0 Å². The van der Waals surface area contributed by atoms with E-state index in [1.54, 1.807) is 17.7 Å². The fourth-order valence-electron chi connectivity index (χ4n) is 1.79. The molecule has 0 N–H and O–H groups in total. The summed E-state index contributed by atoms with van der Waals surface area (Å²) in [6, 6.07) is 4.60. The summed E-state index contributed by atoms with van der Waals surface area (Å²) in [7, 11) is 4.50. The highest BCUT2D eigenvalue weighted by Gasteiger charge is 2.18. The lowest BCUT2D eigenvalue weighted by atomic mass is 10.1. The van der Waals surface area contributed by atoms with E-state index in [9.17, 15) is 13.2 Å². The molecule has 0 radical (unpaired) electrons. The molecule has 5 nitrogen and oxygen atoms in total. The van der Waals surface area contributed by atoms with Crippen LogP contribution in [0.3, 0.4) is 0 Å². The Morgan fingerprint density at radius 2 is 2.06 bits per heavy atom. The minimum absolute atomic E-state index is 0.0260. The summed E-state index contributed by atoms with van der Waals surface area (Å²) < 4.78 is 29.0. The Morgan fingerprint density at radius 1 is 1.39 bits per heavy atom. The number of halogens is 1. The number of aryl methyl sites for hydroxylation is 1. The quantitative estimate of drug-likeness (QED) is 0.625. The first-order valence-electron chi connectivity index (χ1n) is 4.96. The third kappa shape index (κ3) is 2.09. The van der Waals surface area contributed by atoms with Gasteiger partial charge in [0.1, 0.15) is 4.90 Å². The predicted molar refractivity (Wildman–Crippen MR) is 67.3 cm³/mol. The molecule has 0 amide bonds. The third-order valence-corrected chi connectivity index (χ3v) is 3.99. The van der Waals surface area contributed by atoms with Crippen molar-refractivity contribution in [3.63, 3.8) is 0 Å². The maximum Gasteiger partial charge on any atom is 0.337 e. The van der Waals surface area contributed by atoms with Crippen LogP contribution < -0.4 is 0 Å². The fourth-order valence-corrected chi connectivity index (χ4v) is 2.87. The van der Waals surface area contributed by atoms with E-state index in [4.69, 9.17) is 10.7 Å². The number of carbonyl (C=O) groups is 1. The molecular formula is C11H10ClNO4S. The predicted octanol–water partition coefficient (Wildman–Crippen LogP) is 1.89. The monoisotopic (exact) mass is 287 g/mol. The molecule has 2 aromatic rings. The molecule has 7 heteroatoms. The van der Waals surface area contributed by atoms with Crippen LogP contribution in [0.15, 0.2) is 29.3 Å². The van der Waals surface area contributed by atoms with Gasteiger partial charge in [0.25, 0.3) is 9.05 Å². The van der Waals surface area contributed by atoms with Gasteiger partial charge < -0.3 is 9.30 Å². The Morgan fingerprint density at radius 3 is 2.61 bits per heavy atom. The zero-order valence-corrected chi connectivity index (χ0v) is 11.2. The van der Waals surface area contributed by atoms with Crippen LogP contribution in [0, 0.1) is 0 Å². The van der Waals surface area contributed by atoms with Crippen molar-refractivity contribution in [2.45, 2.75) is 4.90 Å². The molecule has 1 aromatic carbocycles. The van der Waals surface area contributed by atoms with Gasteiger partial charge >= 0.3 is 5.97 Å². The van der Waals surface area contributed by atoms with Gasteiger partial charge in [0.2, 0.25) is 0 Å². The first-order valence-corrected chi connectivity index (χ1v) is 7.27. The topological polar surface area (TPSA) is 65.4 Å². The van der Waals surface area contributed by atoms with Gasteiger partial charge in [-0.05, 0) is 12.1 Å². The number of benzene rings is 1. The number of methoxy groups -OCH3 is 1. The van der Waals surface area contributed by atoms with Crippen molar-refractivity contribution < 1.29 is 17.9 Å². The zero-order valence-electron chi connectivity index (χ0n) is 9.68. The second-order valence-corrected chi connectivity index (χ2v) is 6.30. The molecule has 0 aliphatic carbocycles. The Bertz CT molecular complexity index is 733. The highest BCUT2D eigenvalue weighted by Crippen LogP contribution is 2.28. The second-order valence-electron chi connectivity index (χ2n) is 3.77. The summed E-state index contributed by atoms with van der Waals surface area (Å²) >= 11 is 0. The molecule has 0 fully saturated rings. The SMILES string of the molecule is COC(=O)c1ccc2c(S(=O)(=O)Cl)cn(C)c2c1. The molecular weight excluding hydrogens is 278 g/mol. The van der Waals surface area contributed by atoms with E-state index in [2.05, 4.69) is 4.74 Å². The molecule has 0 saturated heterocycles. The average Bonchev–Trinajstić information content (AvgIpc) is 2.65. The van der Waals surface area contributed by atoms with Gasteiger partial charge in [0.15, 0.2) is 0 Å². The van der Waals surface area contributed by atoms with E-state index in [1.807, 2.05) is 0 Å². The van der Waals surface area contributed by atoms with Gasteiger partial charge in [-0.2, -0.15) is 0 Å². The maximum absolute atomic E-state index is 11.4. The van der Waals surface area contributed by atoms with E-state index >= 15 is 0 Å². The van der Waals surface area contributed by atoms with E-state index in [0.29, 0.717) is 16.5 Å². The molecule has 0 bridgehead atoms. The van der Waals surface area contributed by atoms with E-state index in [0.717, 1.165) is 0 Å². The van der Waals surface area contributed by atoms with Crippen molar-refractivity contribution in [3.05, 3.63) is 30.0 Å². The standard InChI is InChI=1S/C11H10ClNO4S/c1-13-6-10(18(12,15)16)8-4-3-7(5-9(8)13)11(14)17-2/h3-6H,1-2H3. The van der Waals surface area contributed by atoms with Crippen molar-refractivity contribution in [2.24, 2.45) is 7.05 Å². The molecule has 96 valence electrons. The molecule has 1 aromatic heterocycles. The summed E-state index contributed by atoms with van der Waals surface area (Å²) in [6.07, 6.45) is 1.41. The summed E-state index contributed by atoms with van der Waals surface area (Å²) in [6.45, 7) is 0. The van der Waals surface area contributed by atoms with Crippen LogP contribution in [-0.4, -0.2) is 26.1 Å². The molecule has 1 heterocycles. The third-order valence-electron chi connectivity index (χ3n) is 2.64. The average molecular weight is 288 g/mol. The highest BCUT2D eigenvalue weighted by atomic mass is 35.7. The van der Waals surface area contributed by atoms with Crippen LogP contribution in [0.25, 0.3) is 10.9 Å². The van der Waals surface area contributed by atoms with Crippen LogP contribution in [0.1, 0.15) is 10.4 Å². The molecule has 2 rings (SSSR count). The number of nitrogens with zero attached hydrogens (tertiary/aromatic N) is 1. The Balaban J connectivity index is 2.74. The minimum atomic E-state index is -3.81. The van der Waals surface area contributed by atoms with Crippen LogP contribution in [-0.2, 0) is 20.8 Å². The molecule has 18 heavy (non-hydrogen) atoms. The van der Waals surface area contributed by atoms with Crippen molar-refractivity contribution in [2.75, 3.05) is 7.11 Å². The van der Waals surface area contributed by atoms with Gasteiger partial charge in [-0.15, -0.1) is 0 Å². The molecule has 0 unspecified atom stereocenters. The Labute approximate surface area is 108 Å². The second kappa shape index (κ2) is 4.29. The van der Waals surface area contributed by atoms with Gasteiger partial charge in [0, 0.05) is 34.8 Å². The Hall–Kier alpha value is -1.53. The van der Waals surface area contributed by atoms with Crippen LogP contribution in [0.2, 0.25) is 0 Å². The number of carbonyl (C=O) groups excluding carboxylic acids is 1. The van der Waals surface area contributed by atoms with Gasteiger partial charge in [-0.1, -0.05) is 6.07 Å². The lowest BCUT2D eigenvalue weighted by Gasteiger charge is -2.01. The molecule has 0 atom stereocenters. The van der Waals surface area contributed by atoms with Crippen molar-refractivity contribution in [1.29, 1.82) is 0 Å². The lowest BCUT2D eigenvalue weighted by Crippen LogP contribution is -2.01. The Kier molecular flexibility index (Phi) is 3.08. The first kappa shape index (κ1) is 12.9. The number of hydrogen-bond donors (Lipinski definition) is 0. The maximum atomic E-state index is 11.4. The summed E-state index contributed by atoms with van der Waals surface area (Å²) in [5.41, 5.74) is 0.946. The molecule has 0 saturated carbocycles. The number of esters is 1. The normalized spacial score (nSPS) is 11.7. The molecule has 0 spiro atoms. The highest BCUT2D eigenvalue weighted by molar-refractivity contribution is 8.14. The number of ether oxygens (including phenoxy) is 1. The summed E-state index contributed by atoms with van der Waals surface area (Å²) in [5.74, 6) is -0.478. The van der Waals surface area contributed by atoms with Crippen molar-refractivity contribution in [1.82, 2.24) is 4.57 Å². The number of rotatable bonds is 2. The van der Waals surface area contributed by atoms with E-state index in [1.165, 1.54) is 25.4 Å². The van der Waals surface area contributed by atoms with Crippen molar-refractivity contribution >= 4 is 36.6 Å². The number of fused-ring (bicyclic) bond motifs is 1. The fraction of sp³-hybridized carbons (Fsp3) is 0.182. The largest absolute Gasteiger partial charge is 0.465 e. The lowest BCUT2D eigenvalue weighted by molar-refractivity contribution is 0.0601.